The summed E-state index contributed by atoms with van der Waals surface area (Å²) in [5.41, 5.74) is 7.68. The molecular weight excluding hydrogens is 322 g/mol. The van der Waals surface area contributed by atoms with Gasteiger partial charge in [-0.25, -0.2) is 0 Å². The Hall–Kier alpha value is -1.11. The predicted octanol–water partition coefficient (Wildman–Crippen LogP) is 1.25. The normalized spacial score (nSPS) is 19.1. The Bertz CT molecular complexity index is 481. The van der Waals surface area contributed by atoms with E-state index in [9.17, 15) is 4.79 Å². The molecule has 1 saturated heterocycles. The van der Waals surface area contributed by atoms with Crippen molar-refractivity contribution in [2.45, 2.75) is 19.5 Å². The molecule has 1 aliphatic heterocycles. The molecule has 0 aromatic heterocycles. The Balaban J connectivity index is 2.31. The Morgan fingerprint density at radius 1 is 1.60 bits per heavy atom. The van der Waals surface area contributed by atoms with Gasteiger partial charge in [0, 0.05) is 23.2 Å². The van der Waals surface area contributed by atoms with Gasteiger partial charge < -0.3 is 20.7 Å². The summed E-state index contributed by atoms with van der Waals surface area (Å²) in [6.45, 7) is 5.36. The summed E-state index contributed by atoms with van der Waals surface area (Å²) in [5, 5.41) is 3.32. The van der Waals surface area contributed by atoms with Gasteiger partial charge in [-0.05, 0) is 30.3 Å². The highest BCUT2D eigenvalue weighted by Gasteiger charge is 2.29. The van der Waals surface area contributed by atoms with Crippen LogP contribution in [0.3, 0.4) is 0 Å². The molecule has 2 rings (SSSR count). The number of ether oxygens (including phenoxy) is 1. The fourth-order valence-electron chi connectivity index (χ4n) is 2.36. The molecule has 5 nitrogen and oxygen atoms in total. The van der Waals surface area contributed by atoms with E-state index in [0.29, 0.717) is 19.8 Å². The number of carbonyl (C=O) groups excluding carboxylic acids is 1. The number of benzene rings is 1. The number of nitrogens with two attached hydrogens (primary N) is 1. The Morgan fingerprint density at radius 3 is 3.10 bits per heavy atom. The number of hydrogen-bond donors (Lipinski definition) is 2. The minimum absolute atomic E-state index is 0.345. The van der Waals surface area contributed by atoms with Crippen LogP contribution in [0.1, 0.15) is 12.5 Å². The van der Waals surface area contributed by atoms with Crippen molar-refractivity contribution in [3.05, 3.63) is 28.2 Å². The van der Waals surface area contributed by atoms with Gasteiger partial charge in [-0.15, -0.1) is 0 Å². The van der Waals surface area contributed by atoms with Gasteiger partial charge in [0.25, 0.3) is 0 Å². The van der Waals surface area contributed by atoms with E-state index in [1.807, 2.05) is 17.0 Å². The van der Waals surface area contributed by atoms with Crippen LogP contribution in [0.25, 0.3) is 0 Å². The molecule has 0 aliphatic carbocycles. The summed E-state index contributed by atoms with van der Waals surface area (Å²) in [7, 11) is 0. The van der Waals surface area contributed by atoms with Gasteiger partial charge >= 0.3 is 0 Å². The van der Waals surface area contributed by atoms with Crippen molar-refractivity contribution in [1.29, 1.82) is 0 Å². The number of nitrogens with one attached hydrogen (secondary N) is 1. The maximum atomic E-state index is 11.6. The molecule has 1 fully saturated rings. The standard InChI is InChI=1S/C14H20BrN3O2/c1-2-17-8-10-7-11(15)3-4-12(10)18-5-6-20-9-13(18)14(16)19/h3-4,7,13,17H,2,5-6,8-9H2,1H3,(H2,16,19). The van der Waals surface area contributed by atoms with Crippen LogP contribution < -0.4 is 16.0 Å². The van der Waals surface area contributed by atoms with Crippen LogP contribution in [0.4, 0.5) is 5.69 Å². The zero-order valence-electron chi connectivity index (χ0n) is 11.6. The van der Waals surface area contributed by atoms with E-state index in [4.69, 9.17) is 10.5 Å². The van der Waals surface area contributed by atoms with Gasteiger partial charge in [-0.1, -0.05) is 22.9 Å². The molecule has 0 radical (unpaired) electrons. The fraction of sp³-hybridized carbons (Fsp3) is 0.500. The lowest BCUT2D eigenvalue weighted by molar-refractivity contribution is -0.121. The number of halogens is 1. The Labute approximate surface area is 127 Å². The zero-order valence-corrected chi connectivity index (χ0v) is 13.1. The van der Waals surface area contributed by atoms with Crippen molar-refractivity contribution in [2.24, 2.45) is 5.73 Å². The smallest absolute Gasteiger partial charge is 0.242 e. The van der Waals surface area contributed by atoms with Gasteiger partial charge in [0.2, 0.25) is 5.91 Å². The molecule has 1 aliphatic rings. The van der Waals surface area contributed by atoms with Gasteiger partial charge in [0.15, 0.2) is 0 Å². The van der Waals surface area contributed by atoms with Crippen molar-refractivity contribution in [1.82, 2.24) is 5.32 Å². The molecular formula is C14H20BrN3O2. The maximum absolute atomic E-state index is 11.6. The third-order valence-corrected chi connectivity index (χ3v) is 3.87. The molecule has 20 heavy (non-hydrogen) atoms. The van der Waals surface area contributed by atoms with Crippen LogP contribution >= 0.6 is 15.9 Å². The molecule has 0 spiro atoms. The van der Waals surface area contributed by atoms with Crippen LogP contribution in [0.5, 0.6) is 0 Å². The number of rotatable bonds is 5. The molecule has 3 N–H and O–H groups in total. The van der Waals surface area contributed by atoms with E-state index in [0.717, 1.165) is 28.8 Å². The SMILES string of the molecule is CCNCc1cc(Br)ccc1N1CCOCC1C(N)=O. The third kappa shape index (κ3) is 3.50. The Morgan fingerprint density at radius 2 is 2.40 bits per heavy atom. The number of carbonyl (C=O) groups is 1. The molecule has 1 amide bonds. The first-order chi connectivity index (χ1) is 9.63. The first-order valence-corrected chi connectivity index (χ1v) is 7.55. The van der Waals surface area contributed by atoms with Crippen LogP contribution in [0.15, 0.2) is 22.7 Å². The number of morpholine rings is 1. The number of nitrogens with zero attached hydrogens (tertiary/aromatic N) is 1. The molecule has 1 atom stereocenters. The summed E-state index contributed by atoms with van der Waals surface area (Å²) in [4.78, 5) is 13.7. The second-order valence-electron chi connectivity index (χ2n) is 4.74. The summed E-state index contributed by atoms with van der Waals surface area (Å²) in [6, 6.07) is 5.69. The zero-order chi connectivity index (χ0) is 14.5. The second-order valence-corrected chi connectivity index (χ2v) is 5.66. The maximum Gasteiger partial charge on any atom is 0.242 e. The summed E-state index contributed by atoms with van der Waals surface area (Å²) in [5.74, 6) is -0.345. The summed E-state index contributed by atoms with van der Waals surface area (Å²) < 4.78 is 6.40. The van der Waals surface area contributed by atoms with Gasteiger partial charge in [-0.3, -0.25) is 4.79 Å². The van der Waals surface area contributed by atoms with E-state index >= 15 is 0 Å². The van der Waals surface area contributed by atoms with Crippen molar-refractivity contribution in [3.63, 3.8) is 0 Å². The van der Waals surface area contributed by atoms with E-state index in [1.165, 1.54) is 0 Å². The quantitative estimate of drug-likeness (QED) is 0.845. The lowest BCUT2D eigenvalue weighted by Gasteiger charge is -2.36. The average molecular weight is 342 g/mol. The van der Waals surface area contributed by atoms with E-state index < -0.39 is 6.04 Å². The number of amides is 1. The highest BCUT2D eigenvalue weighted by Crippen LogP contribution is 2.27. The third-order valence-electron chi connectivity index (χ3n) is 3.37. The lowest BCUT2D eigenvalue weighted by Crippen LogP contribution is -2.53. The van der Waals surface area contributed by atoms with Crippen LogP contribution in [0.2, 0.25) is 0 Å². The molecule has 1 unspecified atom stereocenters. The highest BCUT2D eigenvalue weighted by atomic mass is 79.9. The van der Waals surface area contributed by atoms with E-state index in [-0.39, 0.29) is 5.91 Å². The average Bonchev–Trinajstić information content (AvgIpc) is 2.45. The van der Waals surface area contributed by atoms with Crippen molar-refractivity contribution in [2.75, 3.05) is 31.2 Å². The first-order valence-electron chi connectivity index (χ1n) is 6.76. The molecule has 6 heteroatoms. The summed E-state index contributed by atoms with van der Waals surface area (Å²) >= 11 is 3.49. The minimum Gasteiger partial charge on any atom is -0.377 e. The molecule has 1 heterocycles. The van der Waals surface area contributed by atoms with Crippen molar-refractivity contribution in [3.8, 4) is 0 Å². The van der Waals surface area contributed by atoms with E-state index in [1.54, 1.807) is 0 Å². The van der Waals surface area contributed by atoms with Gasteiger partial charge in [-0.2, -0.15) is 0 Å². The van der Waals surface area contributed by atoms with Crippen molar-refractivity contribution >= 4 is 27.5 Å². The largest absolute Gasteiger partial charge is 0.377 e. The number of anilines is 1. The predicted molar refractivity (Wildman–Crippen MR) is 82.7 cm³/mol. The van der Waals surface area contributed by atoms with E-state index in [2.05, 4.69) is 34.2 Å². The fourth-order valence-corrected chi connectivity index (χ4v) is 2.77. The minimum atomic E-state index is -0.398. The Kier molecular flexibility index (Phi) is 5.39. The van der Waals surface area contributed by atoms with Gasteiger partial charge in [0.1, 0.15) is 6.04 Å². The lowest BCUT2D eigenvalue weighted by atomic mass is 10.1. The van der Waals surface area contributed by atoms with Crippen LogP contribution in [-0.4, -0.2) is 38.3 Å². The topological polar surface area (TPSA) is 67.6 Å². The number of primary amides is 1. The highest BCUT2D eigenvalue weighted by molar-refractivity contribution is 9.10. The molecule has 1 aromatic carbocycles. The molecule has 110 valence electrons. The van der Waals surface area contributed by atoms with Gasteiger partial charge in [0.05, 0.1) is 13.2 Å². The monoisotopic (exact) mass is 341 g/mol. The molecule has 0 bridgehead atoms. The van der Waals surface area contributed by atoms with Crippen LogP contribution in [0, 0.1) is 0 Å². The molecule has 1 aromatic rings. The van der Waals surface area contributed by atoms with Crippen molar-refractivity contribution < 1.29 is 9.53 Å². The van der Waals surface area contributed by atoms with Crippen LogP contribution in [-0.2, 0) is 16.1 Å². The first kappa shape index (κ1) is 15.3. The summed E-state index contributed by atoms with van der Waals surface area (Å²) in [6.07, 6.45) is 0. The molecule has 0 saturated carbocycles. The number of hydrogen-bond acceptors (Lipinski definition) is 4. The second kappa shape index (κ2) is 7.06.